The molecule has 1 rings (SSSR count). The summed E-state index contributed by atoms with van der Waals surface area (Å²) in [6, 6.07) is 6.15. The van der Waals surface area contributed by atoms with Crippen molar-refractivity contribution in [3.63, 3.8) is 0 Å². The van der Waals surface area contributed by atoms with Crippen molar-refractivity contribution in [3.8, 4) is 5.75 Å². The van der Waals surface area contributed by atoms with E-state index in [1.54, 1.807) is 12.1 Å². The molecule has 17 heavy (non-hydrogen) atoms. The molecule has 0 bridgehead atoms. The van der Waals surface area contributed by atoms with E-state index < -0.39 is 27.5 Å². The van der Waals surface area contributed by atoms with E-state index in [0.717, 1.165) is 0 Å². The molecule has 0 radical (unpaired) electrons. The molecule has 0 aromatic heterocycles. The number of sulfone groups is 1. The second-order valence-electron chi connectivity index (χ2n) is 3.67. The van der Waals surface area contributed by atoms with Crippen molar-refractivity contribution < 1.29 is 23.1 Å². The molecular weight excluding hydrogens is 244 g/mol. The highest BCUT2D eigenvalue weighted by molar-refractivity contribution is 7.91. The first kappa shape index (κ1) is 13.5. The van der Waals surface area contributed by atoms with E-state index in [0.29, 0.717) is 0 Å². The lowest BCUT2D eigenvalue weighted by Gasteiger charge is -2.11. The van der Waals surface area contributed by atoms with Crippen LogP contribution in [0.4, 0.5) is 0 Å². The van der Waals surface area contributed by atoms with Crippen molar-refractivity contribution in [2.45, 2.75) is 11.8 Å². The van der Waals surface area contributed by atoms with Gasteiger partial charge >= 0.3 is 5.97 Å². The van der Waals surface area contributed by atoms with Gasteiger partial charge in [-0.3, -0.25) is 4.79 Å². The molecule has 0 aliphatic heterocycles. The van der Waals surface area contributed by atoms with Crippen LogP contribution in [0.5, 0.6) is 5.75 Å². The molecular formula is C11H14O5S. The van der Waals surface area contributed by atoms with Gasteiger partial charge in [0.05, 0.1) is 18.8 Å². The maximum absolute atomic E-state index is 12.0. The van der Waals surface area contributed by atoms with E-state index in [-0.39, 0.29) is 10.6 Å². The SMILES string of the molecule is COc1ccccc1S(=O)(=O)CC(C)C(=O)O. The van der Waals surface area contributed by atoms with Gasteiger partial charge in [0.1, 0.15) is 10.6 Å². The average Bonchev–Trinajstić information content (AvgIpc) is 2.28. The third-order valence-electron chi connectivity index (χ3n) is 2.30. The van der Waals surface area contributed by atoms with E-state index in [4.69, 9.17) is 9.84 Å². The normalized spacial score (nSPS) is 13.1. The summed E-state index contributed by atoms with van der Waals surface area (Å²) < 4.78 is 28.9. The molecule has 5 nitrogen and oxygen atoms in total. The molecule has 6 heteroatoms. The highest BCUT2D eigenvalue weighted by Crippen LogP contribution is 2.25. The van der Waals surface area contributed by atoms with E-state index in [1.807, 2.05) is 0 Å². The molecule has 1 N–H and O–H groups in total. The second kappa shape index (κ2) is 5.18. The smallest absolute Gasteiger partial charge is 0.307 e. The zero-order valence-corrected chi connectivity index (χ0v) is 10.4. The Balaban J connectivity index is 3.09. The molecule has 1 aromatic carbocycles. The summed E-state index contributed by atoms with van der Waals surface area (Å²) in [5.41, 5.74) is 0. The highest BCUT2D eigenvalue weighted by Gasteiger charge is 2.25. The molecule has 94 valence electrons. The number of carbonyl (C=O) groups is 1. The summed E-state index contributed by atoms with van der Waals surface area (Å²) in [5, 5.41) is 8.72. The molecule has 0 spiro atoms. The van der Waals surface area contributed by atoms with Crippen molar-refractivity contribution in [2.24, 2.45) is 5.92 Å². The quantitative estimate of drug-likeness (QED) is 0.858. The molecule has 0 saturated carbocycles. The molecule has 0 fully saturated rings. The van der Waals surface area contributed by atoms with Gasteiger partial charge in [-0.1, -0.05) is 19.1 Å². The lowest BCUT2D eigenvalue weighted by atomic mass is 10.2. The standard InChI is InChI=1S/C11H14O5S/c1-8(11(12)13)7-17(14,15)10-6-4-3-5-9(10)16-2/h3-6,8H,7H2,1-2H3,(H,12,13). The summed E-state index contributed by atoms with van der Waals surface area (Å²) in [6.45, 7) is 1.36. The molecule has 0 aliphatic rings. The Morgan fingerprint density at radius 2 is 2.00 bits per heavy atom. The van der Waals surface area contributed by atoms with Crippen molar-refractivity contribution >= 4 is 15.8 Å². The topological polar surface area (TPSA) is 80.7 Å². The Bertz CT molecular complexity index is 506. The van der Waals surface area contributed by atoms with Crippen LogP contribution < -0.4 is 4.74 Å². The van der Waals surface area contributed by atoms with Crippen LogP contribution in [0, 0.1) is 5.92 Å². The van der Waals surface area contributed by atoms with Gasteiger partial charge in [0, 0.05) is 0 Å². The van der Waals surface area contributed by atoms with Crippen molar-refractivity contribution in [2.75, 3.05) is 12.9 Å². The van der Waals surface area contributed by atoms with Crippen molar-refractivity contribution in [1.29, 1.82) is 0 Å². The zero-order chi connectivity index (χ0) is 13.1. The number of rotatable bonds is 5. The van der Waals surface area contributed by atoms with E-state index in [2.05, 4.69) is 0 Å². The first-order chi connectivity index (χ1) is 7.88. The third kappa shape index (κ3) is 3.20. The number of carboxylic acid groups (broad SMARTS) is 1. The maximum atomic E-state index is 12.0. The van der Waals surface area contributed by atoms with E-state index >= 15 is 0 Å². The van der Waals surface area contributed by atoms with Gasteiger partial charge in [0.2, 0.25) is 0 Å². The van der Waals surface area contributed by atoms with Crippen molar-refractivity contribution in [1.82, 2.24) is 0 Å². The fraction of sp³-hybridized carbons (Fsp3) is 0.364. The predicted molar refractivity (Wildman–Crippen MR) is 61.8 cm³/mol. The van der Waals surface area contributed by atoms with Gasteiger partial charge in [0.15, 0.2) is 9.84 Å². The van der Waals surface area contributed by atoms with Crippen LogP contribution in [-0.2, 0) is 14.6 Å². The monoisotopic (exact) mass is 258 g/mol. The van der Waals surface area contributed by atoms with Crippen molar-refractivity contribution in [3.05, 3.63) is 24.3 Å². The molecule has 1 aromatic rings. The summed E-state index contributed by atoms with van der Waals surface area (Å²) >= 11 is 0. The minimum absolute atomic E-state index is 0.0237. The van der Waals surface area contributed by atoms with E-state index in [9.17, 15) is 13.2 Å². The lowest BCUT2D eigenvalue weighted by molar-refractivity contribution is -0.140. The van der Waals surface area contributed by atoms with Gasteiger partial charge in [-0.25, -0.2) is 8.42 Å². The molecule has 0 aliphatic carbocycles. The minimum Gasteiger partial charge on any atom is -0.495 e. The number of benzene rings is 1. The largest absolute Gasteiger partial charge is 0.495 e. The highest BCUT2D eigenvalue weighted by atomic mass is 32.2. The van der Waals surface area contributed by atoms with Gasteiger partial charge in [-0.2, -0.15) is 0 Å². The van der Waals surface area contributed by atoms with Crippen LogP contribution in [0.1, 0.15) is 6.92 Å². The summed E-state index contributed by atoms with van der Waals surface area (Å²) in [6.07, 6.45) is 0. The van der Waals surface area contributed by atoms with E-state index in [1.165, 1.54) is 26.2 Å². The van der Waals surface area contributed by atoms with Gasteiger partial charge < -0.3 is 9.84 Å². The molecule has 0 saturated heterocycles. The minimum atomic E-state index is -3.65. The maximum Gasteiger partial charge on any atom is 0.307 e. The van der Waals surface area contributed by atoms with Crippen LogP contribution in [0.3, 0.4) is 0 Å². The number of methoxy groups -OCH3 is 1. The van der Waals surface area contributed by atoms with Gasteiger partial charge in [-0.05, 0) is 12.1 Å². The average molecular weight is 258 g/mol. The lowest BCUT2D eigenvalue weighted by Crippen LogP contribution is -2.21. The summed E-state index contributed by atoms with van der Waals surface area (Å²) in [7, 11) is -2.28. The van der Waals surface area contributed by atoms with Crippen LogP contribution >= 0.6 is 0 Å². The second-order valence-corrected chi connectivity index (χ2v) is 5.67. The number of hydrogen-bond acceptors (Lipinski definition) is 4. The number of aliphatic carboxylic acids is 1. The Morgan fingerprint density at radius 1 is 1.41 bits per heavy atom. The van der Waals surface area contributed by atoms with Gasteiger partial charge in [0.25, 0.3) is 0 Å². The number of para-hydroxylation sites is 1. The first-order valence-electron chi connectivity index (χ1n) is 4.97. The zero-order valence-electron chi connectivity index (χ0n) is 9.58. The number of hydrogen-bond donors (Lipinski definition) is 1. The Hall–Kier alpha value is -1.56. The summed E-state index contributed by atoms with van der Waals surface area (Å²) in [4.78, 5) is 10.7. The summed E-state index contributed by atoms with van der Waals surface area (Å²) in [5.74, 6) is -2.30. The third-order valence-corrected chi connectivity index (χ3v) is 4.24. The Morgan fingerprint density at radius 3 is 2.53 bits per heavy atom. The number of ether oxygens (including phenoxy) is 1. The van der Waals surface area contributed by atoms with Crippen LogP contribution in [0.25, 0.3) is 0 Å². The molecule has 1 unspecified atom stereocenters. The van der Waals surface area contributed by atoms with Crippen LogP contribution in [-0.4, -0.2) is 32.4 Å². The fourth-order valence-corrected chi connectivity index (χ4v) is 3.09. The predicted octanol–water partition coefficient (Wildman–Crippen LogP) is 1.19. The Labute approximate surface area is 100.0 Å². The number of carboxylic acids is 1. The first-order valence-corrected chi connectivity index (χ1v) is 6.62. The molecule has 0 amide bonds. The Kier molecular flexibility index (Phi) is 4.11. The molecule has 1 atom stereocenters. The fourth-order valence-electron chi connectivity index (χ4n) is 1.37. The van der Waals surface area contributed by atoms with Crippen LogP contribution in [0.2, 0.25) is 0 Å². The van der Waals surface area contributed by atoms with Crippen LogP contribution in [0.15, 0.2) is 29.2 Å². The van der Waals surface area contributed by atoms with Gasteiger partial charge in [-0.15, -0.1) is 0 Å². The molecule has 0 heterocycles.